The van der Waals surface area contributed by atoms with Gasteiger partial charge >= 0.3 is 0 Å². The molecule has 1 aliphatic heterocycles. The van der Waals surface area contributed by atoms with Crippen molar-refractivity contribution < 1.29 is 8.42 Å². The number of para-hydroxylation sites is 1. The van der Waals surface area contributed by atoms with E-state index in [-0.39, 0.29) is 12.3 Å². The first-order valence-corrected chi connectivity index (χ1v) is 7.72. The zero-order valence-electron chi connectivity index (χ0n) is 10.3. The molecular weight excluding hydrogens is 250 g/mol. The zero-order chi connectivity index (χ0) is 13.0. The molecule has 0 spiro atoms. The molecule has 0 atom stereocenters. The van der Waals surface area contributed by atoms with Crippen LogP contribution < -0.4 is 10.6 Å². The Morgan fingerprint density at radius 1 is 1.06 bits per heavy atom. The Hall–Kier alpha value is -1.11. The first-order chi connectivity index (χ1) is 8.63. The average molecular weight is 269 g/mol. The molecule has 1 saturated heterocycles. The van der Waals surface area contributed by atoms with Gasteiger partial charge < -0.3 is 10.6 Å². The van der Waals surface area contributed by atoms with Gasteiger partial charge in [-0.25, -0.2) is 8.42 Å². The highest BCUT2D eigenvalue weighted by molar-refractivity contribution is 7.89. The van der Waals surface area contributed by atoms with E-state index in [4.69, 9.17) is 5.73 Å². The van der Waals surface area contributed by atoms with Crippen molar-refractivity contribution in [1.29, 1.82) is 0 Å². The van der Waals surface area contributed by atoms with E-state index in [1.54, 1.807) is 4.31 Å². The molecule has 1 aromatic rings. The third-order valence-corrected chi connectivity index (χ3v) is 5.03. The van der Waals surface area contributed by atoms with Crippen LogP contribution in [-0.4, -0.2) is 51.2 Å². The Balaban J connectivity index is 1.97. The molecule has 6 heteroatoms. The van der Waals surface area contributed by atoms with Gasteiger partial charge in [0.2, 0.25) is 10.0 Å². The molecule has 2 N–H and O–H groups in total. The normalized spacial score (nSPS) is 17.9. The second kappa shape index (κ2) is 5.69. The average Bonchev–Trinajstić information content (AvgIpc) is 2.40. The van der Waals surface area contributed by atoms with Gasteiger partial charge in [0.1, 0.15) is 0 Å². The molecule has 1 heterocycles. The highest BCUT2D eigenvalue weighted by Gasteiger charge is 2.26. The molecule has 18 heavy (non-hydrogen) atoms. The van der Waals surface area contributed by atoms with Crippen molar-refractivity contribution in [2.45, 2.75) is 0 Å². The maximum absolute atomic E-state index is 11.9. The first-order valence-electron chi connectivity index (χ1n) is 6.11. The van der Waals surface area contributed by atoms with Crippen molar-refractivity contribution in [3.63, 3.8) is 0 Å². The summed E-state index contributed by atoms with van der Waals surface area (Å²) in [5.41, 5.74) is 6.47. The van der Waals surface area contributed by atoms with Gasteiger partial charge in [0, 0.05) is 38.4 Å². The molecule has 0 aromatic heterocycles. The second-order valence-corrected chi connectivity index (χ2v) is 6.41. The van der Waals surface area contributed by atoms with Crippen LogP contribution in [0.15, 0.2) is 30.3 Å². The predicted molar refractivity (Wildman–Crippen MR) is 73.1 cm³/mol. The number of nitrogens with two attached hydrogens (primary N) is 1. The molecule has 100 valence electrons. The summed E-state index contributed by atoms with van der Waals surface area (Å²) in [7, 11) is -3.16. The number of piperazine rings is 1. The fraction of sp³-hybridized carbons (Fsp3) is 0.500. The van der Waals surface area contributed by atoms with Crippen molar-refractivity contribution in [1.82, 2.24) is 4.31 Å². The van der Waals surface area contributed by atoms with Gasteiger partial charge in [0.25, 0.3) is 0 Å². The SMILES string of the molecule is NCCS(=O)(=O)N1CCN(c2ccccc2)CC1. The quantitative estimate of drug-likeness (QED) is 0.841. The minimum Gasteiger partial charge on any atom is -0.369 e. The van der Waals surface area contributed by atoms with E-state index in [2.05, 4.69) is 4.90 Å². The lowest BCUT2D eigenvalue weighted by molar-refractivity contribution is 0.385. The first kappa shape index (κ1) is 13.3. The molecule has 1 aromatic carbocycles. The van der Waals surface area contributed by atoms with Crippen LogP contribution in [0.2, 0.25) is 0 Å². The number of rotatable bonds is 4. The van der Waals surface area contributed by atoms with E-state index in [9.17, 15) is 8.42 Å². The van der Waals surface area contributed by atoms with Gasteiger partial charge in [-0.05, 0) is 12.1 Å². The molecule has 2 rings (SSSR count). The Kier molecular flexibility index (Phi) is 4.21. The van der Waals surface area contributed by atoms with E-state index in [1.165, 1.54) is 0 Å². The van der Waals surface area contributed by atoms with Crippen LogP contribution >= 0.6 is 0 Å². The van der Waals surface area contributed by atoms with E-state index < -0.39 is 10.0 Å². The van der Waals surface area contributed by atoms with Gasteiger partial charge in [-0.3, -0.25) is 0 Å². The topological polar surface area (TPSA) is 66.6 Å². The van der Waals surface area contributed by atoms with Gasteiger partial charge in [-0.15, -0.1) is 0 Å². The molecule has 0 radical (unpaired) electrons. The van der Waals surface area contributed by atoms with Crippen molar-refractivity contribution >= 4 is 15.7 Å². The third kappa shape index (κ3) is 3.01. The van der Waals surface area contributed by atoms with Crippen LogP contribution in [0.4, 0.5) is 5.69 Å². The molecule has 0 amide bonds. The summed E-state index contributed by atoms with van der Waals surface area (Å²) in [6, 6.07) is 10.1. The van der Waals surface area contributed by atoms with E-state index in [1.807, 2.05) is 30.3 Å². The smallest absolute Gasteiger partial charge is 0.215 e. The lowest BCUT2D eigenvalue weighted by Crippen LogP contribution is -2.49. The summed E-state index contributed by atoms with van der Waals surface area (Å²) in [6.07, 6.45) is 0. The highest BCUT2D eigenvalue weighted by atomic mass is 32.2. The van der Waals surface area contributed by atoms with E-state index in [0.29, 0.717) is 13.1 Å². The zero-order valence-corrected chi connectivity index (χ0v) is 11.1. The second-order valence-electron chi connectivity index (χ2n) is 4.33. The number of hydrogen-bond acceptors (Lipinski definition) is 4. The summed E-state index contributed by atoms with van der Waals surface area (Å²) in [5, 5.41) is 0. The summed E-state index contributed by atoms with van der Waals surface area (Å²) < 4.78 is 25.3. The van der Waals surface area contributed by atoms with E-state index >= 15 is 0 Å². The van der Waals surface area contributed by atoms with E-state index in [0.717, 1.165) is 18.8 Å². The predicted octanol–water partition coefficient (Wildman–Crippen LogP) is 0.0971. The number of hydrogen-bond donors (Lipinski definition) is 1. The lowest BCUT2D eigenvalue weighted by Gasteiger charge is -2.35. The summed E-state index contributed by atoms with van der Waals surface area (Å²) >= 11 is 0. The fourth-order valence-corrected chi connectivity index (χ4v) is 3.42. The summed E-state index contributed by atoms with van der Waals surface area (Å²) in [5.74, 6) is 0.0400. The molecule has 0 bridgehead atoms. The Bertz CT molecular complexity index is 467. The number of nitrogens with zero attached hydrogens (tertiary/aromatic N) is 2. The summed E-state index contributed by atoms with van der Waals surface area (Å²) in [6.45, 7) is 2.72. The highest BCUT2D eigenvalue weighted by Crippen LogP contribution is 2.16. The monoisotopic (exact) mass is 269 g/mol. The minimum atomic E-state index is -3.16. The van der Waals surface area contributed by atoms with Gasteiger partial charge in [0.15, 0.2) is 0 Å². The summed E-state index contributed by atoms with van der Waals surface area (Å²) in [4.78, 5) is 2.20. The maximum Gasteiger partial charge on any atom is 0.215 e. The largest absolute Gasteiger partial charge is 0.369 e. The Morgan fingerprint density at radius 3 is 2.22 bits per heavy atom. The van der Waals surface area contributed by atoms with Crippen LogP contribution in [0, 0.1) is 0 Å². The van der Waals surface area contributed by atoms with Crippen molar-refractivity contribution in [3.05, 3.63) is 30.3 Å². The standard InChI is InChI=1S/C12H19N3O2S/c13-6-11-18(16,17)15-9-7-14(8-10-15)12-4-2-1-3-5-12/h1-5H,6-11,13H2. The Labute approximate surface area is 108 Å². The van der Waals surface area contributed by atoms with Crippen LogP contribution in [0.1, 0.15) is 0 Å². The molecule has 0 saturated carbocycles. The van der Waals surface area contributed by atoms with Crippen LogP contribution in [0.3, 0.4) is 0 Å². The number of benzene rings is 1. The molecule has 0 unspecified atom stereocenters. The van der Waals surface area contributed by atoms with Gasteiger partial charge in [-0.1, -0.05) is 18.2 Å². The van der Waals surface area contributed by atoms with Crippen molar-refractivity contribution in [3.8, 4) is 0 Å². The molecule has 5 nitrogen and oxygen atoms in total. The van der Waals surface area contributed by atoms with Gasteiger partial charge in [-0.2, -0.15) is 4.31 Å². The molecule has 0 aliphatic carbocycles. The molecule has 1 fully saturated rings. The Morgan fingerprint density at radius 2 is 1.67 bits per heavy atom. The molecule has 1 aliphatic rings. The van der Waals surface area contributed by atoms with Crippen LogP contribution in [-0.2, 0) is 10.0 Å². The fourth-order valence-electron chi connectivity index (χ4n) is 2.14. The number of sulfonamides is 1. The van der Waals surface area contributed by atoms with Crippen LogP contribution in [0.5, 0.6) is 0 Å². The van der Waals surface area contributed by atoms with Crippen molar-refractivity contribution in [2.75, 3.05) is 43.4 Å². The van der Waals surface area contributed by atoms with Crippen molar-refractivity contribution in [2.24, 2.45) is 5.73 Å². The maximum atomic E-state index is 11.9. The number of anilines is 1. The van der Waals surface area contributed by atoms with Crippen LogP contribution in [0.25, 0.3) is 0 Å². The lowest BCUT2D eigenvalue weighted by atomic mass is 10.2. The molecular formula is C12H19N3O2S. The minimum absolute atomic E-state index is 0.0400. The third-order valence-electron chi connectivity index (χ3n) is 3.13. The van der Waals surface area contributed by atoms with Gasteiger partial charge in [0.05, 0.1) is 5.75 Å².